The molecule has 0 aliphatic heterocycles. The van der Waals surface area contributed by atoms with Crippen molar-refractivity contribution in [1.29, 1.82) is 0 Å². The van der Waals surface area contributed by atoms with E-state index in [0.717, 1.165) is 0 Å². The largest absolute Gasteiger partial charge is 0.480 e. The summed E-state index contributed by atoms with van der Waals surface area (Å²) in [6.07, 6.45) is -1.23. The molecule has 0 saturated heterocycles. The minimum atomic E-state index is -1.64. The summed E-state index contributed by atoms with van der Waals surface area (Å²) in [5.41, 5.74) is 0. The molecule has 0 fully saturated rings. The average molecular weight is 673 g/mol. The van der Waals surface area contributed by atoms with Gasteiger partial charge in [-0.2, -0.15) is 0 Å². The summed E-state index contributed by atoms with van der Waals surface area (Å²) < 4.78 is 0. The number of carbonyl (C=O) groups excluding carboxylic acids is 6. The van der Waals surface area contributed by atoms with E-state index in [4.69, 9.17) is 0 Å². The Bertz CT molecular complexity index is 1090. The summed E-state index contributed by atoms with van der Waals surface area (Å²) in [6.45, 7) is 15.6. The second-order valence-corrected chi connectivity index (χ2v) is 13.3. The molecule has 0 spiro atoms. The topological polar surface area (TPSA) is 252 Å². The smallest absolute Gasteiger partial charge is 0.328 e. The predicted molar refractivity (Wildman–Crippen MR) is 172 cm³/mol. The van der Waals surface area contributed by atoms with Crippen LogP contribution >= 0.6 is 0 Å². The molecule has 9 N–H and O–H groups in total. The van der Waals surface area contributed by atoms with Crippen molar-refractivity contribution in [1.82, 2.24) is 31.9 Å². The molecule has 0 saturated carbocycles. The molecular formula is C31H56N6O10. The molecule has 0 aliphatic carbocycles. The minimum absolute atomic E-state index is 0.0732. The molecule has 0 aliphatic rings. The lowest BCUT2D eigenvalue weighted by Gasteiger charge is -2.29. The minimum Gasteiger partial charge on any atom is -0.480 e. The van der Waals surface area contributed by atoms with Gasteiger partial charge >= 0.3 is 5.97 Å². The van der Waals surface area contributed by atoms with Crippen LogP contribution in [0.5, 0.6) is 0 Å². The monoisotopic (exact) mass is 672 g/mol. The second-order valence-electron chi connectivity index (χ2n) is 13.3. The molecular weight excluding hydrogens is 616 g/mol. The Kier molecular flexibility index (Phi) is 18.8. The normalized spacial score (nSPS) is 15.9. The maximum absolute atomic E-state index is 13.4. The molecule has 7 atom stereocenters. The summed E-state index contributed by atoms with van der Waals surface area (Å²) in [7, 11) is 0. The van der Waals surface area contributed by atoms with Gasteiger partial charge in [0.25, 0.3) is 0 Å². The quantitative estimate of drug-likeness (QED) is 0.0745. The van der Waals surface area contributed by atoms with Crippen LogP contribution in [0.15, 0.2) is 0 Å². The number of carboxylic acids is 1. The third-order valence-corrected chi connectivity index (χ3v) is 7.10. The summed E-state index contributed by atoms with van der Waals surface area (Å²) in [5, 5.41) is 43.9. The first-order valence-electron chi connectivity index (χ1n) is 15.9. The van der Waals surface area contributed by atoms with Crippen molar-refractivity contribution in [2.24, 2.45) is 23.7 Å². The fourth-order valence-electron chi connectivity index (χ4n) is 4.58. The van der Waals surface area contributed by atoms with Gasteiger partial charge in [0.2, 0.25) is 35.4 Å². The maximum atomic E-state index is 13.4. The molecule has 6 amide bonds. The number of hydrogen-bond acceptors (Lipinski definition) is 9. The second kappa shape index (κ2) is 20.4. The van der Waals surface area contributed by atoms with E-state index in [-0.39, 0.29) is 30.6 Å². The highest BCUT2D eigenvalue weighted by Gasteiger charge is 2.35. The van der Waals surface area contributed by atoms with E-state index in [1.54, 1.807) is 55.4 Å². The van der Waals surface area contributed by atoms with E-state index in [0.29, 0.717) is 0 Å². The number of nitrogens with one attached hydrogen (secondary N) is 6. The van der Waals surface area contributed by atoms with Crippen LogP contribution < -0.4 is 31.9 Å². The first-order chi connectivity index (χ1) is 21.6. The number of aliphatic hydroxyl groups is 2. The molecule has 270 valence electrons. The molecule has 0 radical (unpaired) electrons. The van der Waals surface area contributed by atoms with E-state index in [2.05, 4.69) is 31.9 Å². The van der Waals surface area contributed by atoms with Crippen LogP contribution in [0, 0.1) is 23.7 Å². The predicted octanol–water partition coefficient (Wildman–Crippen LogP) is -1.22. The molecule has 0 aromatic heterocycles. The Morgan fingerprint density at radius 2 is 0.851 bits per heavy atom. The van der Waals surface area contributed by atoms with Crippen molar-refractivity contribution >= 4 is 41.4 Å². The third-order valence-electron chi connectivity index (χ3n) is 7.10. The van der Waals surface area contributed by atoms with Gasteiger partial charge in [0, 0.05) is 6.92 Å². The highest BCUT2D eigenvalue weighted by Crippen LogP contribution is 2.11. The molecule has 0 aromatic rings. The van der Waals surface area contributed by atoms with Gasteiger partial charge in [0.05, 0.1) is 12.7 Å². The summed E-state index contributed by atoms with van der Waals surface area (Å²) >= 11 is 0. The molecule has 0 unspecified atom stereocenters. The third kappa shape index (κ3) is 15.6. The summed E-state index contributed by atoms with van der Waals surface area (Å²) in [6, 6.07) is -7.61. The van der Waals surface area contributed by atoms with Crippen molar-refractivity contribution in [3.63, 3.8) is 0 Å². The van der Waals surface area contributed by atoms with Crippen molar-refractivity contribution < 1.29 is 48.9 Å². The van der Waals surface area contributed by atoms with E-state index in [9.17, 15) is 48.9 Å². The molecule has 16 nitrogen and oxygen atoms in total. The zero-order chi connectivity index (χ0) is 36.8. The highest BCUT2D eigenvalue weighted by molar-refractivity contribution is 5.96. The molecule has 47 heavy (non-hydrogen) atoms. The van der Waals surface area contributed by atoms with E-state index >= 15 is 0 Å². The van der Waals surface area contributed by atoms with Crippen molar-refractivity contribution in [2.45, 2.75) is 124 Å². The Hall–Kier alpha value is -3.79. The van der Waals surface area contributed by atoms with Crippen LogP contribution in [0.4, 0.5) is 0 Å². The summed E-state index contributed by atoms with van der Waals surface area (Å²) in [5.74, 6) is -6.72. The number of amides is 6. The fourth-order valence-corrected chi connectivity index (χ4v) is 4.58. The SMILES string of the molecule is CC(=O)N[C@H](C(=O)N[C@H](C(=O)N[C@@H](CC(C)C)C(=O)N[C@@H](CO)C(=O)N[C@@H](CC(C)C)C(=O)N[C@H](C(=O)O)[C@@H](C)O)C(C)C)C(C)C. The maximum Gasteiger partial charge on any atom is 0.328 e. The Balaban J connectivity index is 5.94. The van der Waals surface area contributed by atoms with Crippen LogP contribution in [0.3, 0.4) is 0 Å². The van der Waals surface area contributed by atoms with Crippen molar-refractivity contribution in [3.05, 3.63) is 0 Å². The van der Waals surface area contributed by atoms with Gasteiger partial charge in [-0.1, -0.05) is 55.4 Å². The van der Waals surface area contributed by atoms with Crippen LogP contribution in [0.1, 0.15) is 82.1 Å². The van der Waals surface area contributed by atoms with Gasteiger partial charge in [-0.15, -0.1) is 0 Å². The van der Waals surface area contributed by atoms with E-state index in [1.165, 1.54) is 13.8 Å². The molecule has 0 aromatic carbocycles. The first kappa shape index (κ1) is 43.2. The highest BCUT2D eigenvalue weighted by atomic mass is 16.4. The fraction of sp³-hybridized carbons (Fsp3) is 0.774. The zero-order valence-corrected chi connectivity index (χ0v) is 29.2. The van der Waals surface area contributed by atoms with Gasteiger partial charge in [-0.3, -0.25) is 28.8 Å². The van der Waals surface area contributed by atoms with Gasteiger partial charge < -0.3 is 47.2 Å². The van der Waals surface area contributed by atoms with Crippen LogP contribution in [0.25, 0.3) is 0 Å². The van der Waals surface area contributed by atoms with Crippen LogP contribution in [0.2, 0.25) is 0 Å². The lowest BCUT2D eigenvalue weighted by molar-refractivity contribution is -0.145. The summed E-state index contributed by atoms with van der Waals surface area (Å²) in [4.78, 5) is 88.9. The lowest BCUT2D eigenvalue weighted by Crippen LogP contribution is -2.61. The van der Waals surface area contributed by atoms with Crippen molar-refractivity contribution in [2.75, 3.05) is 6.61 Å². The molecule has 0 heterocycles. The number of aliphatic carboxylic acids is 1. The lowest BCUT2D eigenvalue weighted by atomic mass is 9.98. The van der Waals surface area contributed by atoms with E-state index < -0.39 is 96.3 Å². The van der Waals surface area contributed by atoms with Gasteiger partial charge in [-0.05, 0) is 43.4 Å². The Labute approximate surface area is 277 Å². The first-order valence-corrected chi connectivity index (χ1v) is 15.9. The molecule has 0 bridgehead atoms. The Morgan fingerprint density at radius 1 is 0.511 bits per heavy atom. The van der Waals surface area contributed by atoms with Gasteiger partial charge in [-0.25, -0.2) is 4.79 Å². The number of hydrogen-bond donors (Lipinski definition) is 9. The van der Waals surface area contributed by atoms with E-state index in [1.807, 2.05) is 0 Å². The van der Waals surface area contributed by atoms with Crippen LogP contribution in [-0.4, -0.2) is 106 Å². The number of aliphatic hydroxyl groups excluding tert-OH is 2. The molecule has 0 rings (SSSR count). The number of carbonyl (C=O) groups is 7. The average Bonchev–Trinajstić information content (AvgIpc) is 2.93. The van der Waals surface area contributed by atoms with Crippen molar-refractivity contribution in [3.8, 4) is 0 Å². The van der Waals surface area contributed by atoms with Crippen LogP contribution in [-0.2, 0) is 33.6 Å². The molecule has 16 heteroatoms. The zero-order valence-electron chi connectivity index (χ0n) is 29.2. The van der Waals surface area contributed by atoms with Gasteiger partial charge in [0.15, 0.2) is 6.04 Å². The van der Waals surface area contributed by atoms with Gasteiger partial charge in [0.1, 0.15) is 30.2 Å². The number of rotatable bonds is 20. The Morgan fingerprint density at radius 3 is 1.21 bits per heavy atom. The number of carboxylic acid groups (broad SMARTS) is 1. The standard InChI is InChI=1S/C31H56N6O10/c1-14(2)11-20(34-29(44)24(17(7)8)36-30(45)23(16(5)6)32-19(10)40)26(41)35-22(13-38)28(43)33-21(12-15(3)4)27(42)37-25(18(9)39)31(46)47/h14-18,20-25,38-39H,11-13H2,1-10H3,(H,32,40)(H,33,43)(H,34,44)(H,35,41)(H,36,45)(H,37,42)(H,46,47)/t18-,20+,21+,22+,23+,24+,25+/m1/s1.